The van der Waals surface area contributed by atoms with Gasteiger partial charge in [-0.3, -0.25) is 4.79 Å². The van der Waals surface area contributed by atoms with Gasteiger partial charge in [-0.15, -0.1) is 0 Å². The molecule has 1 amide bonds. The van der Waals surface area contributed by atoms with Gasteiger partial charge in [0.25, 0.3) is 5.91 Å². The molecule has 7 heteroatoms. The Bertz CT molecular complexity index is 683. The van der Waals surface area contributed by atoms with Crippen LogP contribution in [0.4, 0.5) is 4.39 Å². The topological polar surface area (TPSA) is 57.7 Å². The van der Waals surface area contributed by atoms with Crippen LogP contribution in [-0.2, 0) is 10.0 Å². The van der Waals surface area contributed by atoms with E-state index < -0.39 is 10.0 Å². The van der Waals surface area contributed by atoms with E-state index in [1.54, 1.807) is 37.9 Å². The number of halogens is 1. The quantitative estimate of drug-likeness (QED) is 0.841. The summed E-state index contributed by atoms with van der Waals surface area (Å²) in [6.07, 6.45) is 1.19. The molecule has 1 heterocycles. The highest BCUT2D eigenvalue weighted by molar-refractivity contribution is 7.89. The van der Waals surface area contributed by atoms with E-state index in [2.05, 4.69) is 0 Å². The van der Waals surface area contributed by atoms with E-state index >= 15 is 0 Å². The van der Waals surface area contributed by atoms with Gasteiger partial charge >= 0.3 is 0 Å². The van der Waals surface area contributed by atoms with Crippen LogP contribution < -0.4 is 0 Å². The molecule has 23 heavy (non-hydrogen) atoms. The Kier molecular flexibility index (Phi) is 5.41. The lowest BCUT2D eigenvalue weighted by atomic mass is 10.0. The number of rotatable bonds is 4. The maximum absolute atomic E-state index is 13.6. The number of carbonyl (C=O) groups is 1. The molecular formula is C16H23FN2O3S. The van der Waals surface area contributed by atoms with Gasteiger partial charge in [0.1, 0.15) is 5.82 Å². The van der Waals surface area contributed by atoms with Crippen molar-refractivity contribution in [3.05, 3.63) is 35.1 Å². The minimum absolute atomic E-state index is 0.0747. The van der Waals surface area contributed by atoms with Crippen LogP contribution in [0.3, 0.4) is 0 Å². The summed E-state index contributed by atoms with van der Waals surface area (Å²) in [5, 5.41) is 0. The van der Waals surface area contributed by atoms with Gasteiger partial charge in [-0.2, -0.15) is 0 Å². The molecule has 1 saturated heterocycles. The molecule has 0 N–H and O–H groups in total. The maximum Gasteiger partial charge on any atom is 0.253 e. The second kappa shape index (κ2) is 6.97. The van der Waals surface area contributed by atoms with Crippen molar-refractivity contribution in [2.75, 3.05) is 25.9 Å². The fourth-order valence-corrected chi connectivity index (χ4v) is 3.84. The zero-order chi connectivity index (χ0) is 17.2. The van der Waals surface area contributed by atoms with E-state index in [0.717, 1.165) is 0 Å². The number of nitrogens with zero attached hydrogens (tertiary/aromatic N) is 2. The van der Waals surface area contributed by atoms with Crippen molar-refractivity contribution in [2.45, 2.75) is 32.7 Å². The molecule has 0 aliphatic carbocycles. The van der Waals surface area contributed by atoms with Crippen LogP contribution in [-0.4, -0.2) is 55.5 Å². The zero-order valence-corrected chi connectivity index (χ0v) is 14.6. The standard InChI is InChI=1S/C16H23FN2O3S/c1-4-23(21,22)18(3)14-7-9-19(10-8-14)16(20)13-6-5-12(2)15(17)11-13/h5-6,11,14H,4,7-10H2,1-3H3. The summed E-state index contributed by atoms with van der Waals surface area (Å²) in [6.45, 7) is 4.22. The predicted molar refractivity (Wildman–Crippen MR) is 87.3 cm³/mol. The molecule has 0 unspecified atom stereocenters. The molecule has 0 aromatic heterocycles. The van der Waals surface area contributed by atoms with Gasteiger partial charge in [0, 0.05) is 31.7 Å². The summed E-state index contributed by atoms with van der Waals surface area (Å²) < 4.78 is 38.8. The lowest BCUT2D eigenvalue weighted by molar-refractivity contribution is 0.0685. The molecule has 2 rings (SSSR count). The van der Waals surface area contributed by atoms with E-state index in [4.69, 9.17) is 0 Å². The number of piperidine rings is 1. The Labute approximate surface area is 137 Å². The lowest BCUT2D eigenvalue weighted by Crippen LogP contribution is -2.47. The first kappa shape index (κ1) is 17.9. The Morgan fingerprint density at radius 2 is 1.96 bits per heavy atom. The highest BCUT2D eigenvalue weighted by Gasteiger charge is 2.30. The molecule has 1 aliphatic rings. The predicted octanol–water partition coefficient (Wildman–Crippen LogP) is 2.02. The second-order valence-electron chi connectivity index (χ2n) is 5.90. The number of aryl methyl sites for hydroxylation is 1. The fourth-order valence-electron chi connectivity index (χ4n) is 2.77. The van der Waals surface area contributed by atoms with Crippen LogP contribution in [0.25, 0.3) is 0 Å². The van der Waals surface area contributed by atoms with Crippen molar-refractivity contribution in [2.24, 2.45) is 0 Å². The maximum atomic E-state index is 13.6. The van der Waals surface area contributed by atoms with Crippen LogP contribution in [0, 0.1) is 12.7 Å². The van der Waals surface area contributed by atoms with Gasteiger partial charge < -0.3 is 4.90 Å². The van der Waals surface area contributed by atoms with Crippen molar-refractivity contribution in [1.82, 2.24) is 9.21 Å². The van der Waals surface area contributed by atoms with Crippen LogP contribution in [0.2, 0.25) is 0 Å². The Morgan fingerprint density at radius 3 is 2.48 bits per heavy atom. The third-order valence-corrected chi connectivity index (χ3v) is 6.39. The SMILES string of the molecule is CCS(=O)(=O)N(C)C1CCN(C(=O)c2ccc(C)c(F)c2)CC1. The summed E-state index contributed by atoms with van der Waals surface area (Å²) >= 11 is 0. The molecule has 5 nitrogen and oxygen atoms in total. The monoisotopic (exact) mass is 342 g/mol. The minimum atomic E-state index is -3.22. The molecule has 0 spiro atoms. The van der Waals surface area contributed by atoms with Crippen molar-refractivity contribution in [3.63, 3.8) is 0 Å². The van der Waals surface area contributed by atoms with Gasteiger partial charge in [0.05, 0.1) is 5.75 Å². The first-order chi connectivity index (χ1) is 10.8. The van der Waals surface area contributed by atoms with Gasteiger partial charge in [-0.25, -0.2) is 17.1 Å². The van der Waals surface area contributed by atoms with E-state index in [1.807, 2.05) is 0 Å². The molecule has 128 valence electrons. The van der Waals surface area contributed by atoms with Gasteiger partial charge in [0.15, 0.2) is 0 Å². The summed E-state index contributed by atoms with van der Waals surface area (Å²) in [5.41, 5.74) is 0.840. The third-order valence-electron chi connectivity index (χ3n) is 4.49. The first-order valence-electron chi connectivity index (χ1n) is 7.77. The van der Waals surface area contributed by atoms with Crippen molar-refractivity contribution in [1.29, 1.82) is 0 Å². The average Bonchev–Trinajstić information content (AvgIpc) is 2.56. The number of benzene rings is 1. The minimum Gasteiger partial charge on any atom is -0.339 e. The fraction of sp³-hybridized carbons (Fsp3) is 0.562. The van der Waals surface area contributed by atoms with Crippen LogP contribution >= 0.6 is 0 Å². The molecule has 1 fully saturated rings. The van der Waals surface area contributed by atoms with Crippen LogP contribution in [0.5, 0.6) is 0 Å². The van der Waals surface area contributed by atoms with Crippen molar-refractivity contribution < 1.29 is 17.6 Å². The normalized spacial score (nSPS) is 16.8. The Morgan fingerprint density at radius 1 is 1.35 bits per heavy atom. The van der Waals surface area contributed by atoms with E-state index in [1.165, 1.54) is 10.4 Å². The van der Waals surface area contributed by atoms with Crippen molar-refractivity contribution >= 4 is 15.9 Å². The molecule has 0 atom stereocenters. The zero-order valence-electron chi connectivity index (χ0n) is 13.8. The van der Waals surface area contributed by atoms with Gasteiger partial charge in [-0.05, 0) is 44.4 Å². The van der Waals surface area contributed by atoms with Crippen molar-refractivity contribution in [3.8, 4) is 0 Å². The number of carbonyl (C=O) groups excluding carboxylic acids is 1. The van der Waals surface area contributed by atoms with Gasteiger partial charge in [0.2, 0.25) is 10.0 Å². The molecular weight excluding hydrogens is 319 g/mol. The van der Waals surface area contributed by atoms with Crippen LogP contribution in [0.1, 0.15) is 35.7 Å². The van der Waals surface area contributed by atoms with E-state index in [0.29, 0.717) is 37.1 Å². The highest BCUT2D eigenvalue weighted by atomic mass is 32.2. The molecule has 1 aromatic carbocycles. The number of hydrogen-bond donors (Lipinski definition) is 0. The van der Waals surface area contributed by atoms with Gasteiger partial charge in [-0.1, -0.05) is 6.07 Å². The summed E-state index contributed by atoms with van der Waals surface area (Å²) in [7, 11) is -1.62. The smallest absolute Gasteiger partial charge is 0.253 e. The van der Waals surface area contributed by atoms with E-state index in [-0.39, 0.29) is 23.5 Å². The lowest BCUT2D eigenvalue weighted by Gasteiger charge is -2.36. The third kappa shape index (κ3) is 3.90. The summed E-state index contributed by atoms with van der Waals surface area (Å²) in [5.74, 6) is -0.520. The number of likely N-dealkylation sites (tertiary alicyclic amines) is 1. The molecule has 0 saturated carbocycles. The van der Waals surface area contributed by atoms with E-state index in [9.17, 15) is 17.6 Å². The number of hydrogen-bond acceptors (Lipinski definition) is 3. The first-order valence-corrected chi connectivity index (χ1v) is 9.38. The summed E-state index contributed by atoms with van der Waals surface area (Å²) in [6, 6.07) is 4.40. The molecule has 1 aliphatic heterocycles. The molecule has 0 radical (unpaired) electrons. The highest BCUT2D eigenvalue weighted by Crippen LogP contribution is 2.20. The largest absolute Gasteiger partial charge is 0.339 e. The number of sulfonamides is 1. The second-order valence-corrected chi connectivity index (χ2v) is 8.22. The number of amides is 1. The Balaban J connectivity index is 2.01. The molecule has 0 bridgehead atoms. The summed E-state index contributed by atoms with van der Waals surface area (Å²) in [4.78, 5) is 14.1. The van der Waals surface area contributed by atoms with Crippen LogP contribution in [0.15, 0.2) is 18.2 Å². The molecule has 1 aromatic rings. The average molecular weight is 342 g/mol. The Hall–Kier alpha value is -1.47.